The summed E-state index contributed by atoms with van der Waals surface area (Å²) < 4.78 is 5.13. The van der Waals surface area contributed by atoms with Crippen LogP contribution in [0.1, 0.15) is 124 Å². The molecule has 0 saturated heterocycles. The maximum Gasteiger partial charge on any atom is 0.306 e. The minimum absolute atomic E-state index is 0.0186. The highest BCUT2D eigenvalue weighted by Gasteiger charge is 2.04. The first-order valence-corrected chi connectivity index (χ1v) is 11.0. The zero-order chi connectivity index (χ0) is 18.6. The van der Waals surface area contributed by atoms with Gasteiger partial charge in [-0.05, 0) is 46.0 Å². The van der Waals surface area contributed by atoms with Crippen LogP contribution in [0.5, 0.6) is 0 Å². The van der Waals surface area contributed by atoms with Crippen LogP contribution in [0, 0.1) is 0 Å². The second kappa shape index (κ2) is 19.5. The van der Waals surface area contributed by atoms with Crippen molar-refractivity contribution in [3.05, 3.63) is 12.2 Å². The van der Waals surface area contributed by atoms with E-state index in [0.717, 1.165) is 12.8 Å². The van der Waals surface area contributed by atoms with E-state index in [9.17, 15) is 4.79 Å². The molecule has 148 valence electrons. The third kappa shape index (κ3) is 21.2. The first-order chi connectivity index (χ1) is 12.2. The van der Waals surface area contributed by atoms with Crippen molar-refractivity contribution >= 4 is 5.97 Å². The summed E-state index contributed by atoms with van der Waals surface area (Å²) in [6.07, 6.45) is 24.9. The summed E-state index contributed by atoms with van der Waals surface area (Å²) >= 11 is 0. The van der Waals surface area contributed by atoms with E-state index in [2.05, 4.69) is 19.1 Å². The number of unbranched alkanes of at least 4 members (excludes halogenated alkanes) is 13. The van der Waals surface area contributed by atoms with Gasteiger partial charge < -0.3 is 4.74 Å². The van der Waals surface area contributed by atoms with Crippen LogP contribution < -0.4 is 0 Å². The second-order valence-electron chi connectivity index (χ2n) is 7.58. The van der Waals surface area contributed by atoms with E-state index >= 15 is 0 Å². The largest absolute Gasteiger partial charge is 0.463 e. The molecule has 0 aromatic carbocycles. The first-order valence-electron chi connectivity index (χ1n) is 11.0. The lowest BCUT2D eigenvalue weighted by Gasteiger charge is -2.07. The second-order valence-corrected chi connectivity index (χ2v) is 7.58. The summed E-state index contributed by atoms with van der Waals surface area (Å²) in [7, 11) is 0. The van der Waals surface area contributed by atoms with E-state index < -0.39 is 0 Å². The lowest BCUT2D eigenvalue weighted by molar-refractivity contribution is -0.147. The number of allylic oxidation sites excluding steroid dienone is 2. The molecule has 0 aliphatic rings. The molecule has 2 heteroatoms. The van der Waals surface area contributed by atoms with Gasteiger partial charge in [0.15, 0.2) is 0 Å². The number of hydrogen-bond acceptors (Lipinski definition) is 2. The Bertz CT molecular complexity index is 307. The third-order valence-corrected chi connectivity index (χ3v) is 4.51. The molecular formula is C23H44O2. The first kappa shape index (κ1) is 24.2. The highest BCUT2D eigenvalue weighted by Crippen LogP contribution is 2.11. The van der Waals surface area contributed by atoms with Crippen molar-refractivity contribution in [3.8, 4) is 0 Å². The summed E-state index contributed by atoms with van der Waals surface area (Å²) in [6, 6.07) is 0. The van der Waals surface area contributed by atoms with Gasteiger partial charge in [0.05, 0.1) is 6.10 Å². The molecule has 0 spiro atoms. The van der Waals surface area contributed by atoms with Crippen LogP contribution in [-0.4, -0.2) is 12.1 Å². The molecule has 0 unspecified atom stereocenters. The molecule has 0 heterocycles. The molecule has 0 atom stereocenters. The minimum atomic E-state index is -0.0427. The van der Waals surface area contributed by atoms with Crippen molar-refractivity contribution in [2.24, 2.45) is 0 Å². The number of esters is 1. The van der Waals surface area contributed by atoms with E-state index in [1.54, 1.807) is 0 Å². The molecule has 0 radical (unpaired) electrons. The van der Waals surface area contributed by atoms with Crippen LogP contribution in [0.3, 0.4) is 0 Å². The number of carbonyl (C=O) groups excluding carboxylic acids is 1. The smallest absolute Gasteiger partial charge is 0.306 e. The van der Waals surface area contributed by atoms with Crippen molar-refractivity contribution in [3.63, 3.8) is 0 Å². The van der Waals surface area contributed by atoms with Crippen molar-refractivity contribution in [2.75, 3.05) is 0 Å². The molecule has 0 bridgehead atoms. The van der Waals surface area contributed by atoms with E-state index in [4.69, 9.17) is 4.74 Å². The van der Waals surface area contributed by atoms with E-state index in [-0.39, 0.29) is 12.1 Å². The fourth-order valence-electron chi connectivity index (χ4n) is 3.02. The van der Waals surface area contributed by atoms with Crippen LogP contribution in [0.2, 0.25) is 0 Å². The van der Waals surface area contributed by atoms with Gasteiger partial charge in [-0.1, -0.05) is 83.3 Å². The van der Waals surface area contributed by atoms with Gasteiger partial charge in [-0.3, -0.25) is 4.79 Å². The van der Waals surface area contributed by atoms with Gasteiger partial charge in [-0.15, -0.1) is 0 Å². The quantitative estimate of drug-likeness (QED) is 0.143. The molecule has 0 saturated carbocycles. The van der Waals surface area contributed by atoms with Gasteiger partial charge in [0.25, 0.3) is 0 Å². The van der Waals surface area contributed by atoms with Crippen molar-refractivity contribution < 1.29 is 9.53 Å². The standard InChI is InChI=1S/C23H44O2/c1-4-5-6-7-8-9-10-11-12-13-14-15-16-17-18-19-20-21-23(24)25-22(2)3/h13-14,22H,4-12,15-21H2,1-3H3/b14-13-. The maximum absolute atomic E-state index is 11.4. The Morgan fingerprint density at radius 2 is 1.16 bits per heavy atom. The van der Waals surface area contributed by atoms with Crippen molar-refractivity contribution in [1.29, 1.82) is 0 Å². The monoisotopic (exact) mass is 352 g/mol. The summed E-state index contributed by atoms with van der Waals surface area (Å²) in [5.41, 5.74) is 0. The number of carbonyl (C=O) groups is 1. The highest BCUT2D eigenvalue weighted by atomic mass is 16.5. The molecule has 0 rings (SSSR count). The Morgan fingerprint density at radius 1 is 0.720 bits per heavy atom. The average molecular weight is 353 g/mol. The highest BCUT2D eigenvalue weighted by molar-refractivity contribution is 5.69. The van der Waals surface area contributed by atoms with Gasteiger partial charge in [-0.25, -0.2) is 0 Å². The summed E-state index contributed by atoms with van der Waals surface area (Å²) in [5.74, 6) is -0.0427. The fraction of sp³-hybridized carbons (Fsp3) is 0.870. The topological polar surface area (TPSA) is 26.3 Å². The molecule has 25 heavy (non-hydrogen) atoms. The van der Waals surface area contributed by atoms with E-state index in [1.807, 2.05) is 13.8 Å². The molecule has 0 fully saturated rings. The number of rotatable bonds is 18. The molecule has 0 aromatic heterocycles. The average Bonchev–Trinajstić information content (AvgIpc) is 2.57. The Kier molecular flexibility index (Phi) is 18.9. The van der Waals surface area contributed by atoms with E-state index in [0.29, 0.717) is 6.42 Å². The summed E-state index contributed by atoms with van der Waals surface area (Å²) in [6.45, 7) is 6.08. The molecule has 0 aliphatic carbocycles. The zero-order valence-corrected chi connectivity index (χ0v) is 17.4. The molecule has 0 N–H and O–H groups in total. The van der Waals surface area contributed by atoms with Gasteiger partial charge in [0, 0.05) is 6.42 Å². The Hall–Kier alpha value is -0.790. The van der Waals surface area contributed by atoms with Crippen LogP contribution in [0.25, 0.3) is 0 Å². The lowest BCUT2D eigenvalue weighted by atomic mass is 10.1. The lowest BCUT2D eigenvalue weighted by Crippen LogP contribution is -2.10. The van der Waals surface area contributed by atoms with Gasteiger partial charge in [0.2, 0.25) is 0 Å². The van der Waals surface area contributed by atoms with Gasteiger partial charge in [0.1, 0.15) is 0 Å². The van der Waals surface area contributed by atoms with Crippen LogP contribution in [0.15, 0.2) is 12.2 Å². The van der Waals surface area contributed by atoms with E-state index in [1.165, 1.54) is 83.5 Å². The van der Waals surface area contributed by atoms with Crippen LogP contribution in [0.4, 0.5) is 0 Å². The molecule has 0 aromatic rings. The zero-order valence-electron chi connectivity index (χ0n) is 17.4. The van der Waals surface area contributed by atoms with Crippen molar-refractivity contribution in [2.45, 2.75) is 130 Å². The van der Waals surface area contributed by atoms with Gasteiger partial charge in [-0.2, -0.15) is 0 Å². The Balaban J connectivity index is 3.17. The fourth-order valence-corrected chi connectivity index (χ4v) is 3.02. The Labute approximate surface area is 157 Å². The number of ether oxygens (including phenoxy) is 1. The molecule has 0 amide bonds. The maximum atomic E-state index is 11.4. The van der Waals surface area contributed by atoms with Gasteiger partial charge >= 0.3 is 5.97 Å². The number of hydrogen-bond donors (Lipinski definition) is 0. The normalized spacial score (nSPS) is 11.5. The predicted molar refractivity (Wildman–Crippen MR) is 110 cm³/mol. The molecular weight excluding hydrogens is 308 g/mol. The third-order valence-electron chi connectivity index (χ3n) is 4.51. The van der Waals surface area contributed by atoms with Crippen LogP contribution in [-0.2, 0) is 9.53 Å². The SMILES string of the molecule is CCCCCCCCCC/C=C\CCCCCCCC(=O)OC(C)C. The molecule has 0 aliphatic heterocycles. The summed E-state index contributed by atoms with van der Waals surface area (Å²) in [4.78, 5) is 11.4. The molecule has 2 nitrogen and oxygen atoms in total. The predicted octanol–water partition coefficient (Wildman–Crippen LogP) is 7.76. The minimum Gasteiger partial charge on any atom is -0.463 e. The summed E-state index contributed by atoms with van der Waals surface area (Å²) in [5, 5.41) is 0. The Morgan fingerprint density at radius 3 is 1.64 bits per heavy atom. The van der Waals surface area contributed by atoms with Crippen molar-refractivity contribution in [1.82, 2.24) is 0 Å². The van der Waals surface area contributed by atoms with Crippen LogP contribution >= 0.6 is 0 Å².